The summed E-state index contributed by atoms with van der Waals surface area (Å²) in [5.41, 5.74) is 1.78. The molecule has 2 rings (SSSR count). The first-order chi connectivity index (χ1) is 9.61. The molecule has 0 aromatic heterocycles. The highest BCUT2D eigenvalue weighted by atomic mass is 16.6. The molecule has 1 aromatic carbocycles. The lowest BCUT2D eigenvalue weighted by molar-refractivity contribution is -0.385. The molecule has 0 aliphatic carbocycles. The van der Waals surface area contributed by atoms with Crippen molar-refractivity contribution >= 4 is 11.4 Å². The van der Waals surface area contributed by atoms with E-state index in [2.05, 4.69) is 9.80 Å². The standard InChI is InChI=1S/C14H21N3O3/c1-12-3-4-13(11-14(12)17(19)20)16-6-2-5-15(7-8-16)9-10-18/h3-4,11,18H,2,5-10H2,1H3. The van der Waals surface area contributed by atoms with Gasteiger partial charge in [-0.2, -0.15) is 0 Å². The molecule has 1 N–H and O–H groups in total. The molecule has 0 amide bonds. The normalized spacial score (nSPS) is 17.0. The SMILES string of the molecule is Cc1ccc(N2CCCN(CCO)CC2)cc1[N+](=O)[O-]. The second kappa shape index (κ2) is 6.67. The first-order valence-corrected chi connectivity index (χ1v) is 6.95. The summed E-state index contributed by atoms with van der Waals surface area (Å²) in [4.78, 5) is 15.1. The number of anilines is 1. The van der Waals surface area contributed by atoms with E-state index in [1.54, 1.807) is 13.0 Å². The summed E-state index contributed by atoms with van der Waals surface area (Å²) in [6.45, 7) is 6.20. The van der Waals surface area contributed by atoms with E-state index in [0.717, 1.165) is 38.3 Å². The minimum absolute atomic E-state index is 0.177. The number of aliphatic hydroxyl groups is 1. The second-order valence-corrected chi connectivity index (χ2v) is 5.13. The van der Waals surface area contributed by atoms with Gasteiger partial charge in [-0.1, -0.05) is 6.07 Å². The molecule has 1 saturated heterocycles. The van der Waals surface area contributed by atoms with E-state index in [-0.39, 0.29) is 17.2 Å². The van der Waals surface area contributed by atoms with Crippen LogP contribution in [-0.2, 0) is 0 Å². The monoisotopic (exact) mass is 279 g/mol. The lowest BCUT2D eigenvalue weighted by atomic mass is 10.1. The first-order valence-electron chi connectivity index (χ1n) is 6.95. The van der Waals surface area contributed by atoms with Crippen LogP contribution >= 0.6 is 0 Å². The first kappa shape index (κ1) is 14.7. The molecule has 110 valence electrons. The van der Waals surface area contributed by atoms with Gasteiger partial charge >= 0.3 is 0 Å². The fourth-order valence-corrected chi connectivity index (χ4v) is 2.59. The zero-order valence-corrected chi connectivity index (χ0v) is 11.8. The van der Waals surface area contributed by atoms with Crippen molar-refractivity contribution in [3.05, 3.63) is 33.9 Å². The number of benzene rings is 1. The predicted octanol–water partition coefficient (Wildman–Crippen LogP) is 1.41. The number of aryl methyl sites for hydroxylation is 1. The van der Waals surface area contributed by atoms with Crippen molar-refractivity contribution in [1.82, 2.24) is 4.90 Å². The molecule has 20 heavy (non-hydrogen) atoms. The topological polar surface area (TPSA) is 69.8 Å². The predicted molar refractivity (Wildman–Crippen MR) is 78.2 cm³/mol. The maximum atomic E-state index is 11.0. The zero-order valence-electron chi connectivity index (χ0n) is 11.8. The molecule has 0 bridgehead atoms. The fraction of sp³-hybridized carbons (Fsp3) is 0.571. The second-order valence-electron chi connectivity index (χ2n) is 5.13. The Hall–Kier alpha value is -1.66. The van der Waals surface area contributed by atoms with Gasteiger partial charge in [0, 0.05) is 43.5 Å². The van der Waals surface area contributed by atoms with Gasteiger partial charge in [0.2, 0.25) is 0 Å². The van der Waals surface area contributed by atoms with Crippen LogP contribution in [0, 0.1) is 17.0 Å². The van der Waals surface area contributed by atoms with E-state index < -0.39 is 0 Å². The van der Waals surface area contributed by atoms with Crippen LogP contribution in [0.4, 0.5) is 11.4 Å². The van der Waals surface area contributed by atoms with Gasteiger partial charge in [-0.25, -0.2) is 0 Å². The Balaban J connectivity index is 2.11. The molecule has 0 spiro atoms. The van der Waals surface area contributed by atoms with Crippen molar-refractivity contribution in [3.63, 3.8) is 0 Å². The van der Waals surface area contributed by atoms with Gasteiger partial charge in [-0.3, -0.25) is 15.0 Å². The molecule has 1 aliphatic rings. The molecule has 6 heteroatoms. The van der Waals surface area contributed by atoms with Crippen molar-refractivity contribution in [3.8, 4) is 0 Å². The lowest BCUT2D eigenvalue weighted by Crippen LogP contribution is -2.32. The van der Waals surface area contributed by atoms with Gasteiger partial charge in [0.05, 0.1) is 11.5 Å². The molecule has 1 aliphatic heterocycles. The van der Waals surface area contributed by atoms with E-state index in [1.807, 2.05) is 12.1 Å². The average Bonchev–Trinajstić information content (AvgIpc) is 2.65. The van der Waals surface area contributed by atoms with E-state index in [1.165, 1.54) is 0 Å². The Labute approximate surface area is 118 Å². The minimum atomic E-state index is -0.325. The maximum Gasteiger partial charge on any atom is 0.274 e. The van der Waals surface area contributed by atoms with Gasteiger partial charge in [0.1, 0.15) is 0 Å². The van der Waals surface area contributed by atoms with Crippen LogP contribution in [0.1, 0.15) is 12.0 Å². The number of nitro groups is 1. The molecule has 0 radical (unpaired) electrons. The smallest absolute Gasteiger partial charge is 0.274 e. The van der Waals surface area contributed by atoms with Crippen molar-refractivity contribution < 1.29 is 10.0 Å². The van der Waals surface area contributed by atoms with Gasteiger partial charge in [0.15, 0.2) is 0 Å². The lowest BCUT2D eigenvalue weighted by Gasteiger charge is -2.23. The molecule has 1 heterocycles. The van der Waals surface area contributed by atoms with Crippen LogP contribution in [0.5, 0.6) is 0 Å². The van der Waals surface area contributed by atoms with E-state index in [9.17, 15) is 10.1 Å². The Kier molecular flexibility index (Phi) is 4.92. The number of rotatable bonds is 4. The molecule has 1 fully saturated rings. The molecule has 0 saturated carbocycles. The zero-order chi connectivity index (χ0) is 14.5. The summed E-state index contributed by atoms with van der Waals surface area (Å²) in [6, 6.07) is 5.42. The molecule has 6 nitrogen and oxygen atoms in total. The summed E-state index contributed by atoms with van der Waals surface area (Å²) in [6.07, 6.45) is 1.00. The van der Waals surface area contributed by atoms with Crippen LogP contribution in [0.25, 0.3) is 0 Å². The Bertz CT molecular complexity index is 479. The Morgan fingerprint density at radius 3 is 2.80 bits per heavy atom. The van der Waals surface area contributed by atoms with Crippen LogP contribution in [0.15, 0.2) is 18.2 Å². The van der Waals surface area contributed by atoms with Gasteiger partial charge in [-0.05, 0) is 26.0 Å². The summed E-state index contributed by atoms with van der Waals surface area (Å²) in [5, 5.41) is 20.0. The maximum absolute atomic E-state index is 11.0. The van der Waals surface area contributed by atoms with Crippen LogP contribution in [0.3, 0.4) is 0 Å². The van der Waals surface area contributed by atoms with Crippen molar-refractivity contribution in [2.24, 2.45) is 0 Å². The molecular formula is C14H21N3O3. The van der Waals surface area contributed by atoms with E-state index >= 15 is 0 Å². The largest absolute Gasteiger partial charge is 0.395 e. The minimum Gasteiger partial charge on any atom is -0.395 e. The highest BCUT2D eigenvalue weighted by Crippen LogP contribution is 2.25. The van der Waals surface area contributed by atoms with Crippen LogP contribution in [-0.4, -0.2) is 54.3 Å². The molecular weight excluding hydrogens is 258 g/mol. The van der Waals surface area contributed by atoms with Crippen LogP contribution in [0.2, 0.25) is 0 Å². The third-order valence-corrected chi connectivity index (χ3v) is 3.76. The summed E-state index contributed by atoms with van der Waals surface area (Å²) in [5.74, 6) is 0. The van der Waals surface area contributed by atoms with E-state index in [0.29, 0.717) is 12.1 Å². The van der Waals surface area contributed by atoms with E-state index in [4.69, 9.17) is 5.11 Å². The molecule has 0 unspecified atom stereocenters. The van der Waals surface area contributed by atoms with Crippen molar-refractivity contribution in [2.45, 2.75) is 13.3 Å². The highest BCUT2D eigenvalue weighted by Gasteiger charge is 2.18. The van der Waals surface area contributed by atoms with Crippen LogP contribution < -0.4 is 4.90 Å². The summed E-state index contributed by atoms with van der Waals surface area (Å²) >= 11 is 0. The molecule has 0 atom stereocenters. The molecule has 1 aromatic rings. The number of nitro benzene ring substituents is 1. The van der Waals surface area contributed by atoms with Gasteiger partial charge < -0.3 is 10.0 Å². The van der Waals surface area contributed by atoms with Crippen molar-refractivity contribution in [2.75, 3.05) is 44.2 Å². The number of hydrogen-bond donors (Lipinski definition) is 1. The number of hydrogen-bond acceptors (Lipinski definition) is 5. The number of aliphatic hydroxyl groups excluding tert-OH is 1. The third kappa shape index (κ3) is 3.46. The number of nitrogens with zero attached hydrogens (tertiary/aromatic N) is 3. The Morgan fingerprint density at radius 1 is 1.30 bits per heavy atom. The quantitative estimate of drug-likeness (QED) is 0.666. The fourth-order valence-electron chi connectivity index (χ4n) is 2.59. The summed E-state index contributed by atoms with van der Waals surface area (Å²) in [7, 11) is 0. The van der Waals surface area contributed by atoms with Crippen molar-refractivity contribution in [1.29, 1.82) is 0 Å². The number of β-amino-alcohol motifs (C(OH)–C–C–N with tert-alkyl or cyclic N) is 1. The average molecular weight is 279 g/mol. The van der Waals surface area contributed by atoms with Gasteiger partial charge in [0.25, 0.3) is 5.69 Å². The third-order valence-electron chi connectivity index (χ3n) is 3.76. The summed E-state index contributed by atoms with van der Waals surface area (Å²) < 4.78 is 0. The van der Waals surface area contributed by atoms with Gasteiger partial charge in [-0.15, -0.1) is 0 Å². The highest BCUT2D eigenvalue weighted by molar-refractivity contribution is 5.56. The Morgan fingerprint density at radius 2 is 2.10 bits per heavy atom.